The summed E-state index contributed by atoms with van der Waals surface area (Å²) >= 11 is 6.12. The van der Waals surface area contributed by atoms with E-state index in [-0.39, 0.29) is 22.0 Å². The predicted octanol–water partition coefficient (Wildman–Crippen LogP) is 6.19. The topological polar surface area (TPSA) is 93.7 Å². The molecule has 35 heavy (non-hydrogen) atoms. The zero-order chi connectivity index (χ0) is 24.8. The van der Waals surface area contributed by atoms with Crippen molar-refractivity contribution in [2.24, 2.45) is 0 Å². The fraction of sp³-hybridized carbons (Fsp3) is 0.0385. The second-order valence-corrected chi connectivity index (χ2v) is 9.46. The Morgan fingerprint density at radius 3 is 2.14 bits per heavy atom. The van der Waals surface area contributed by atoms with Crippen LogP contribution in [-0.4, -0.2) is 21.4 Å². The molecule has 0 atom stereocenters. The van der Waals surface area contributed by atoms with Crippen LogP contribution in [0.4, 0.5) is 11.4 Å². The van der Waals surface area contributed by atoms with Crippen molar-refractivity contribution >= 4 is 38.9 Å². The lowest BCUT2D eigenvalue weighted by molar-refractivity contribution is 0.102. The second-order valence-electron chi connectivity index (χ2n) is 7.34. The minimum Gasteiger partial charge on any atom is -0.495 e. The van der Waals surface area contributed by atoms with Crippen molar-refractivity contribution in [3.8, 4) is 17.2 Å². The molecule has 0 heterocycles. The maximum absolute atomic E-state index is 13.3. The number of rotatable bonds is 8. The maximum atomic E-state index is 13.3. The molecule has 178 valence electrons. The van der Waals surface area contributed by atoms with E-state index in [0.29, 0.717) is 22.1 Å². The van der Waals surface area contributed by atoms with Crippen LogP contribution < -0.4 is 19.5 Å². The SMILES string of the molecule is COc1ccc(S(=O)(=O)Nc2cc(Cl)ccc2Oc2ccccc2)cc1NC(=O)c1ccccc1. The molecule has 0 saturated heterocycles. The number of carbonyl (C=O) groups excluding carboxylic acids is 1. The van der Waals surface area contributed by atoms with Crippen molar-refractivity contribution in [3.63, 3.8) is 0 Å². The number of carbonyl (C=O) groups is 1. The molecular weight excluding hydrogens is 488 g/mol. The number of anilines is 2. The molecule has 0 aromatic heterocycles. The Balaban J connectivity index is 1.63. The third-order valence-corrected chi connectivity index (χ3v) is 6.52. The van der Waals surface area contributed by atoms with Gasteiger partial charge in [-0.15, -0.1) is 0 Å². The van der Waals surface area contributed by atoms with Gasteiger partial charge in [0, 0.05) is 10.6 Å². The van der Waals surface area contributed by atoms with E-state index in [9.17, 15) is 13.2 Å². The molecule has 0 spiro atoms. The number of benzene rings is 4. The lowest BCUT2D eigenvalue weighted by atomic mass is 10.2. The summed E-state index contributed by atoms with van der Waals surface area (Å²) in [4.78, 5) is 12.5. The van der Waals surface area contributed by atoms with Gasteiger partial charge in [-0.05, 0) is 60.7 Å². The predicted molar refractivity (Wildman–Crippen MR) is 136 cm³/mol. The monoisotopic (exact) mass is 508 g/mol. The first-order chi connectivity index (χ1) is 16.9. The van der Waals surface area contributed by atoms with Gasteiger partial charge in [0.2, 0.25) is 0 Å². The summed E-state index contributed by atoms with van der Waals surface area (Å²) < 4.78 is 40.2. The largest absolute Gasteiger partial charge is 0.495 e. The fourth-order valence-corrected chi connectivity index (χ4v) is 4.49. The molecule has 0 saturated carbocycles. The first kappa shape index (κ1) is 24.1. The molecule has 0 fully saturated rings. The van der Waals surface area contributed by atoms with E-state index in [4.69, 9.17) is 21.1 Å². The van der Waals surface area contributed by atoms with Gasteiger partial charge in [-0.2, -0.15) is 0 Å². The molecular formula is C26H21ClN2O5S. The summed E-state index contributed by atoms with van der Waals surface area (Å²) in [5, 5.41) is 3.03. The Kier molecular flexibility index (Phi) is 7.24. The Morgan fingerprint density at radius 2 is 1.46 bits per heavy atom. The van der Waals surface area contributed by atoms with Crippen LogP contribution in [0.15, 0.2) is 102 Å². The van der Waals surface area contributed by atoms with E-state index in [1.54, 1.807) is 66.7 Å². The lowest BCUT2D eigenvalue weighted by Crippen LogP contribution is -2.16. The summed E-state index contributed by atoms with van der Waals surface area (Å²) in [7, 11) is -2.66. The van der Waals surface area contributed by atoms with Crippen molar-refractivity contribution in [3.05, 3.63) is 108 Å². The zero-order valence-corrected chi connectivity index (χ0v) is 20.1. The van der Waals surface area contributed by atoms with E-state index in [0.717, 1.165) is 0 Å². The molecule has 0 bridgehead atoms. The first-order valence-corrected chi connectivity index (χ1v) is 12.3. The van der Waals surface area contributed by atoms with E-state index >= 15 is 0 Å². The van der Waals surface area contributed by atoms with Crippen molar-refractivity contribution < 1.29 is 22.7 Å². The number of ether oxygens (including phenoxy) is 2. The van der Waals surface area contributed by atoms with Crippen LogP contribution in [0.5, 0.6) is 17.2 Å². The molecule has 1 amide bonds. The maximum Gasteiger partial charge on any atom is 0.262 e. The van der Waals surface area contributed by atoms with Gasteiger partial charge in [0.25, 0.3) is 15.9 Å². The van der Waals surface area contributed by atoms with E-state index < -0.39 is 15.9 Å². The van der Waals surface area contributed by atoms with Crippen LogP contribution in [0.25, 0.3) is 0 Å². The Labute approximate surface area is 208 Å². The van der Waals surface area contributed by atoms with E-state index in [1.165, 1.54) is 31.4 Å². The molecule has 4 aromatic rings. The molecule has 0 aliphatic carbocycles. The minimum atomic E-state index is -4.09. The summed E-state index contributed by atoms with van der Waals surface area (Å²) in [6, 6.07) is 26.3. The van der Waals surface area contributed by atoms with Crippen LogP contribution in [0.1, 0.15) is 10.4 Å². The van der Waals surface area contributed by atoms with Crippen LogP contribution in [-0.2, 0) is 10.0 Å². The van der Waals surface area contributed by atoms with E-state index in [2.05, 4.69) is 10.0 Å². The van der Waals surface area contributed by atoms with Crippen molar-refractivity contribution in [1.29, 1.82) is 0 Å². The highest BCUT2D eigenvalue weighted by Gasteiger charge is 2.20. The zero-order valence-electron chi connectivity index (χ0n) is 18.6. The molecule has 0 aliphatic rings. The molecule has 7 nitrogen and oxygen atoms in total. The second kappa shape index (κ2) is 10.5. The Hall–Kier alpha value is -4.01. The van der Waals surface area contributed by atoms with Crippen molar-refractivity contribution in [1.82, 2.24) is 0 Å². The number of para-hydroxylation sites is 1. The number of hydrogen-bond acceptors (Lipinski definition) is 5. The highest BCUT2D eigenvalue weighted by Crippen LogP contribution is 2.35. The molecule has 9 heteroatoms. The van der Waals surface area contributed by atoms with Gasteiger partial charge in [-0.1, -0.05) is 48.0 Å². The average molecular weight is 509 g/mol. The summed E-state index contributed by atoms with van der Waals surface area (Å²) in [6.07, 6.45) is 0. The molecule has 2 N–H and O–H groups in total. The molecule has 0 aliphatic heterocycles. The number of hydrogen-bond donors (Lipinski definition) is 2. The summed E-state index contributed by atoms with van der Waals surface area (Å²) in [6.45, 7) is 0. The van der Waals surface area contributed by atoms with Gasteiger partial charge in [0.15, 0.2) is 5.75 Å². The summed E-state index contributed by atoms with van der Waals surface area (Å²) in [5.74, 6) is 0.713. The highest BCUT2D eigenvalue weighted by molar-refractivity contribution is 7.92. The Bertz CT molecular complexity index is 1450. The number of amides is 1. The van der Waals surface area contributed by atoms with Crippen molar-refractivity contribution in [2.45, 2.75) is 4.90 Å². The van der Waals surface area contributed by atoms with Gasteiger partial charge >= 0.3 is 0 Å². The van der Waals surface area contributed by atoms with Crippen LogP contribution in [0.2, 0.25) is 5.02 Å². The van der Waals surface area contributed by atoms with Crippen LogP contribution >= 0.6 is 11.6 Å². The number of sulfonamides is 1. The van der Waals surface area contributed by atoms with Gasteiger partial charge in [0.05, 0.1) is 23.4 Å². The Morgan fingerprint density at radius 1 is 0.800 bits per heavy atom. The lowest BCUT2D eigenvalue weighted by Gasteiger charge is -2.16. The smallest absolute Gasteiger partial charge is 0.262 e. The normalized spacial score (nSPS) is 10.9. The van der Waals surface area contributed by atoms with E-state index in [1.807, 2.05) is 6.07 Å². The van der Waals surface area contributed by atoms with Gasteiger partial charge in [-0.25, -0.2) is 8.42 Å². The average Bonchev–Trinajstić information content (AvgIpc) is 2.86. The summed E-state index contributed by atoms with van der Waals surface area (Å²) in [5.41, 5.74) is 0.783. The third-order valence-electron chi connectivity index (χ3n) is 4.92. The quantitative estimate of drug-likeness (QED) is 0.296. The number of halogens is 1. The highest BCUT2D eigenvalue weighted by atomic mass is 35.5. The van der Waals surface area contributed by atoms with Crippen LogP contribution in [0.3, 0.4) is 0 Å². The van der Waals surface area contributed by atoms with Gasteiger partial charge < -0.3 is 14.8 Å². The van der Waals surface area contributed by atoms with Crippen molar-refractivity contribution in [2.75, 3.05) is 17.1 Å². The first-order valence-electron chi connectivity index (χ1n) is 10.5. The van der Waals surface area contributed by atoms with Gasteiger partial charge in [-0.3, -0.25) is 9.52 Å². The third kappa shape index (κ3) is 5.92. The van der Waals surface area contributed by atoms with Gasteiger partial charge in [0.1, 0.15) is 11.5 Å². The molecule has 4 rings (SSSR count). The number of methoxy groups -OCH3 is 1. The number of nitrogens with one attached hydrogen (secondary N) is 2. The standard InChI is InChI=1S/C26H21ClN2O5S/c1-33-24-15-13-21(17-22(24)28-26(30)18-8-4-2-5-9-18)35(31,32)29-23-16-19(27)12-14-25(23)34-20-10-6-3-7-11-20/h2-17,29H,1H3,(H,28,30). The van der Waals surface area contributed by atoms with Crippen LogP contribution in [0, 0.1) is 0 Å². The molecule has 0 radical (unpaired) electrons. The fourth-order valence-electron chi connectivity index (χ4n) is 3.23. The molecule has 4 aromatic carbocycles. The molecule has 0 unspecified atom stereocenters. The minimum absolute atomic E-state index is 0.0905.